The molecule has 1 aliphatic rings. The van der Waals surface area contributed by atoms with E-state index in [4.69, 9.17) is 11.1 Å². The number of carbonyl (C=O) groups is 1. The van der Waals surface area contributed by atoms with Crippen molar-refractivity contribution < 1.29 is 9.90 Å². The van der Waals surface area contributed by atoms with Crippen molar-refractivity contribution in [3.05, 3.63) is 58.7 Å². The van der Waals surface area contributed by atoms with Gasteiger partial charge in [-0.2, -0.15) is 0 Å². The fourth-order valence-electron chi connectivity index (χ4n) is 3.85. The number of hydrogen-bond acceptors (Lipinski definition) is 4. The van der Waals surface area contributed by atoms with Gasteiger partial charge in [0, 0.05) is 42.0 Å². The average molecular weight is 417 g/mol. The first-order valence-corrected chi connectivity index (χ1v) is 9.65. The van der Waals surface area contributed by atoms with E-state index in [-0.39, 0.29) is 36.4 Å². The standard InChI is InChI=1S/C22H28N4O2.ClH/c1-14-11-16(7-9-19(14)26(2)18-5-3-4-6-18)22(28)25-13-17-12-15(21(23)24)8-10-20(17)27;/h7-12,18,27H,3-6,13H2,1-2H3,(H3,23,24)(H,25,28);1H. The first-order chi connectivity index (χ1) is 13.4. The van der Waals surface area contributed by atoms with Gasteiger partial charge in [0.15, 0.2) is 0 Å². The smallest absolute Gasteiger partial charge is 0.251 e. The zero-order valence-corrected chi connectivity index (χ0v) is 17.7. The van der Waals surface area contributed by atoms with Gasteiger partial charge in [-0.1, -0.05) is 12.8 Å². The number of halogens is 1. The number of anilines is 1. The number of phenolic OH excluding ortho intramolecular Hbond substituents is 1. The largest absolute Gasteiger partial charge is 0.508 e. The van der Waals surface area contributed by atoms with Gasteiger partial charge in [0.2, 0.25) is 0 Å². The molecule has 0 spiro atoms. The van der Waals surface area contributed by atoms with Gasteiger partial charge in [-0.25, -0.2) is 0 Å². The van der Waals surface area contributed by atoms with Crippen molar-refractivity contribution in [3.63, 3.8) is 0 Å². The molecule has 1 aliphatic carbocycles. The van der Waals surface area contributed by atoms with E-state index in [0.717, 1.165) is 11.3 Å². The van der Waals surface area contributed by atoms with E-state index in [2.05, 4.69) is 17.3 Å². The van der Waals surface area contributed by atoms with Crippen LogP contribution in [0.4, 0.5) is 5.69 Å². The molecule has 2 aromatic rings. The minimum atomic E-state index is -0.203. The molecule has 6 nitrogen and oxygen atoms in total. The van der Waals surface area contributed by atoms with Crippen LogP contribution in [0.2, 0.25) is 0 Å². The molecular formula is C22H29ClN4O2. The van der Waals surface area contributed by atoms with E-state index < -0.39 is 0 Å². The highest BCUT2D eigenvalue weighted by Gasteiger charge is 2.21. The van der Waals surface area contributed by atoms with Gasteiger partial charge in [-0.05, 0) is 61.7 Å². The molecule has 0 atom stereocenters. The van der Waals surface area contributed by atoms with Crippen molar-refractivity contribution in [1.29, 1.82) is 5.41 Å². The van der Waals surface area contributed by atoms with Crippen molar-refractivity contribution in [3.8, 4) is 5.75 Å². The minimum absolute atomic E-state index is 0. The first kappa shape index (κ1) is 22.6. The highest BCUT2D eigenvalue weighted by Crippen LogP contribution is 2.29. The minimum Gasteiger partial charge on any atom is -0.508 e. The highest BCUT2D eigenvalue weighted by molar-refractivity contribution is 5.96. The fraction of sp³-hybridized carbons (Fsp3) is 0.364. The summed E-state index contributed by atoms with van der Waals surface area (Å²) in [7, 11) is 2.13. The van der Waals surface area contributed by atoms with Crippen LogP contribution in [0.5, 0.6) is 5.75 Å². The number of benzene rings is 2. The number of rotatable bonds is 6. The zero-order valence-electron chi connectivity index (χ0n) is 16.9. The van der Waals surface area contributed by atoms with Gasteiger partial charge >= 0.3 is 0 Å². The Morgan fingerprint density at radius 1 is 1.21 bits per heavy atom. The van der Waals surface area contributed by atoms with Gasteiger partial charge in [0.05, 0.1) is 0 Å². The summed E-state index contributed by atoms with van der Waals surface area (Å²) in [6.07, 6.45) is 5.01. The van der Waals surface area contributed by atoms with E-state index in [1.165, 1.54) is 31.7 Å². The van der Waals surface area contributed by atoms with Crippen LogP contribution in [0, 0.1) is 12.3 Å². The highest BCUT2D eigenvalue weighted by atomic mass is 35.5. The molecule has 1 amide bonds. The van der Waals surface area contributed by atoms with E-state index in [0.29, 0.717) is 22.7 Å². The van der Waals surface area contributed by atoms with Crippen molar-refractivity contribution in [2.45, 2.75) is 45.2 Å². The van der Waals surface area contributed by atoms with Gasteiger partial charge < -0.3 is 21.1 Å². The number of nitrogens with two attached hydrogens (primary N) is 1. The number of amides is 1. The van der Waals surface area contributed by atoms with Crippen molar-refractivity contribution in [2.75, 3.05) is 11.9 Å². The molecule has 2 aromatic carbocycles. The molecular weight excluding hydrogens is 388 g/mol. The van der Waals surface area contributed by atoms with Crippen molar-refractivity contribution in [2.24, 2.45) is 5.73 Å². The topological polar surface area (TPSA) is 102 Å². The van der Waals surface area contributed by atoms with Crippen LogP contribution in [0.1, 0.15) is 52.7 Å². The Balaban J connectivity index is 0.00000300. The number of amidine groups is 1. The molecule has 0 radical (unpaired) electrons. The molecule has 1 fully saturated rings. The molecule has 0 heterocycles. The van der Waals surface area contributed by atoms with Crippen LogP contribution in [0.3, 0.4) is 0 Å². The van der Waals surface area contributed by atoms with Gasteiger partial charge in [-0.3, -0.25) is 10.2 Å². The van der Waals surface area contributed by atoms with Crippen LogP contribution in [-0.4, -0.2) is 29.9 Å². The SMILES string of the molecule is Cc1cc(C(=O)NCc2cc(C(=N)N)ccc2O)ccc1N(C)C1CCCC1.Cl. The Kier molecular flexibility index (Phi) is 7.51. The summed E-state index contributed by atoms with van der Waals surface area (Å²) in [6.45, 7) is 2.19. The molecule has 1 saturated carbocycles. The Bertz CT molecular complexity index is 894. The number of nitrogen functional groups attached to an aromatic ring is 1. The lowest BCUT2D eigenvalue weighted by Gasteiger charge is -2.28. The molecule has 0 saturated heterocycles. The monoisotopic (exact) mass is 416 g/mol. The van der Waals surface area contributed by atoms with E-state index in [9.17, 15) is 9.90 Å². The van der Waals surface area contributed by atoms with Crippen LogP contribution in [0.15, 0.2) is 36.4 Å². The maximum atomic E-state index is 12.6. The molecule has 0 unspecified atom stereocenters. The zero-order chi connectivity index (χ0) is 20.3. The number of aromatic hydroxyl groups is 1. The second-order valence-corrected chi connectivity index (χ2v) is 7.49. The van der Waals surface area contributed by atoms with Gasteiger partial charge in [0.1, 0.15) is 11.6 Å². The second kappa shape index (κ2) is 9.65. The maximum absolute atomic E-state index is 12.6. The normalized spacial score (nSPS) is 13.6. The van der Waals surface area contributed by atoms with Crippen LogP contribution < -0.4 is 16.0 Å². The molecule has 0 bridgehead atoms. The van der Waals surface area contributed by atoms with Crippen LogP contribution in [0.25, 0.3) is 0 Å². The lowest BCUT2D eigenvalue weighted by Crippen LogP contribution is -2.29. The summed E-state index contributed by atoms with van der Waals surface area (Å²) in [5, 5.41) is 20.3. The summed E-state index contributed by atoms with van der Waals surface area (Å²) in [6, 6.07) is 11.0. The number of carbonyl (C=O) groups excluding carboxylic acids is 1. The van der Waals surface area contributed by atoms with E-state index >= 15 is 0 Å². The molecule has 0 aromatic heterocycles. The Hall–Kier alpha value is -2.73. The lowest BCUT2D eigenvalue weighted by molar-refractivity contribution is 0.0950. The van der Waals surface area contributed by atoms with Gasteiger partial charge in [0.25, 0.3) is 5.91 Å². The number of hydrogen-bond donors (Lipinski definition) is 4. The average Bonchev–Trinajstić information content (AvgIpc) is 3.21. The summed E-state index contributed by atoms with van der Waals surface area (Å²) in [4.78, 5) is 14.9. The third-order valence-corrected chi connectivity index (χ3v) is 5.54. The van der Waals surface area contributed by atoms with E-state index in [1.807, 2.05) is 25.1 Å². The number of aryl methyl sites for hydroxylation is 1. The van der Waals surface area contributed by atoms with Gasteiger partial charge in [-0.15, -0.1) is 12.4 Å². The summed E-state index contributed by atoms with van der Waals surface area (Å²) in [5.41, 5.74) is 9.35. The quantitative estimate of drug-likeness (QED) is 0.425. The van der Waals surface area contributed by atoms with Crippen molar-refractivity contribution in [1.82, 2.24) is 5.32 Å². The van der Waals surface area contributed by atoms with Crippen molar-refractivity contribution >= 4 is 29.8 Å². The first-order valence-electron chi connectivity index (χ1n) is 9.65. The molecule has 156 valence electrons. The predicted molar refractivity (Wildman–Crippen MR) is 119 cm³/mol. The second-order valence-electron chi connectivity index (χ2n) is 7.49. The Morgan fingerprint density at radius 2 is 1.86 bits per heavy atom. The molecule has 7 heteroatoms. The third-order valence-electron chi connectivity index (χ3n) is 5.54. The molecule has 0 aliphatic heterocycles. The third kappa shape index (κ3) is 5.21. The molecule has 5 N–H and O–H groups in total. The number of nitrogens with zero attached hydrogens (tertiary/aromatic N) is 1. The number of phenols is 1. The fourth-order valence-corrected chi connectivity index (χ4v) is 3.85. The maximum Gasteiger partial charge on any atom is 0.251 e. The molecule has 3 rings (SSSR count). The Morgan fingerprint density at radius 3 is 2.48 bits per heavy atom. The van der Waals surface area contributed by atoms with Crippen LogP contribution >= 0.6 is 12.4 Å². The summed E-state index contributed by atoms with van der Waals surface area (Å²) < 4.78 is 0. The molecule has 29 heavy (non-hydrogen) atoms. The summed E-state index contributed by atoms with van der Waals surface area (Å²) in [5.74, 6) is -0.217. The lowest BCUT2D eigenvalue weighted by atomic mass is 10.1. The van der Waals surface area contributed by atoms with E-state index in [1.54, 1.807) is 12.1 Å². The predicted octanol–water partition coefficient (Wildman–Crippen LogP) is 3.72. The number of nitrogens with one attached hydrogen (secondary N) is 2. The summed E-state index contributed by atoms with van der Waals surface area (Å²) >= 11 is 0. The van der Waals surface area contributed by atoms with Crippen LogP contribution in [-0.2, 0) is 6.54 Å². The Labute approximate surface area is 178 Å².